The van der Waals surface area contributed by atoms with Gasteiger partial charge < -0.3 is 4.74 Å². The van der Waals surface area contributed by atoms with Gasteiger partial charge in [-0.25, -0.2) is 0 Å². The van der Waals surface area contributed by atoms with E-state index in [2.05, 4.69) is 34.0 Å². The molecule has 0 fully saturated rings. The zero-order chi connectivity index (χ0) is 13.4. The van der Waals surface area contributed by atoms with Crippen LogP contribution >= 0.6 is 0 Å². The second-order valence-corrected chi connectivity index (χ2v) is 4.27. The van der Waals surface area contributed by atoms with Crippen molar-refractivity contribution in [2.75, 3.05) is 27.3 Å². The van der Waals surface area contributed by atoms with Gasteiger partial charge in [0.2, 0.25) is 0 Å². The lowest BCUT2D eigenvalue weighted by atomic mass is 10.1. The van der Waals surface area contributed by atoms with Gasteiger partial charge in [-0.15, -0.1) is 0 Å². The van der Waals surface area contributed by atoms with E-state index in [9.17, 15) is 0 Å². The van der Waals surface area contributed by atoms with Gasteiger partial charge in [-0.2, -0.15) is 0 Å². The summed E-state index contributed by atoms with van der Waals surface area (Å²) in [6.45, 7) is 3.10. The lowest BCUT2D eigenvalue weighted by Crippen LogP contribution is -2.39. The molecule has 5 heteroatoms. The molecule has 0 spiro atoms. The standard InChI is InChI=1S/C13H20N4O/c1-11(12-7-5-4-6-8-12)17(2)13(10-18-3)9-15-16-14/h4-8,11,13H,9-10H2,1-3H3/t11-,13-/m1/s1. The molecule has 0 aromatic heterocycles. The smallest absolute Gasteiger partial charge is 0.0619 e. The summed E-state index contributed by atoms with van der Waals surface area (Å²) in [5, 5.41) is 3.65. The minimum absolute atomic E-state index is 0.0844. The number of azide groups is 1. The average Bonchev–Trinajstić information content (AvgIpc) is 2.43. The fraction of sp³-hybridized carbons (Fsp3) is 0.538. The van der Waals surface area contributed by atoms with E-state index >= 15 is 0 Å². The Balaban J connectivity index is 2.75. The molecule has 5 nitrogen and oxygen atoms in total. The minimum atomic E-state index is 0.0844. The van der Waals surface area contributed by atoms with Crippen LogP contribution in [0.1, 0.15) is 18.5 Å². The third-order valence-electron chi connectivity index (χ3n) is 3.18. The molecule has 0 saturated carbocycles. The Hall–Kier alpha value is -1.55. The molecule has 0 heterocycles. The lowest BCUT2D eigenvalue weighted by Gasteiger charge is -2.32. The fourth-order valence-electron chi connectivity index (χ4n) is 1.91. The van der Waals surface area contributed by atoms with Crippen LogP contribution in [-0.2, 0) is 4.74 Å². The number of hydrogen-bond acceptors (Lipinski definition) is 3. The predicted octanol–water partition coefficient (Wildman–Crippen LogP) is 3.00. The van der Waals surface area contributed by atoms with Crippen LogP contribution in [0, 0.1) is 0 Å². The molecule has 1 aromatic rings. The molecular formula is C13H20N4O. The predicted molar refractivity (Wildman–Crippen MR) is 72.3 cm³/mol. The van der Waals surface area contributed by atoms with Crippen molar-refractivity contribution < 1.29 is 4.74 Å². The average molecular weight is 248 g/mol. The molecule has 0 aliphatic rings. The van der Waals surface area contributed by atoms with Crippen LogP contribution < -0.4 is 0 Å². The summed E-state index contributed by atoms with van der Waals surface area (Å²) < 4.78 is 5.18. The van der Waals surface area contributed by atoms with Gasteiger partial charge in [0.05, 0.1) is 6.61 Å². The topological polar surface area (TPSA) is 61.2 Å². The Morgan fingerprint density at radius 2 is 2.06 bits per heavy atom. The van der Waals surface area contributed by atoms with E-state index in [4.69, 9.17) is 10.3 Å². The zero-order valence-electron chi connectivity index (χ0n) is 11.2. The van der Waals surface area contributed by atoms with Gasteiger partial charge in [-0.1, -0.05) is 35.4 Å². The molecule has 1 aromatic carbocycles. The highest BCUT2D eigenvalue weighted by Gasteiger charge is 2.20. The number of ether oxygens (including phenoxy) is 1. The van der Waals surface area contributed by atoms with Crippen LogP contribution in [0.3, 0.4) is 0 Å². The zero-order valence-corrected chi connectivity index (χ0v) is 11.2. The van der Waals surface area contributed by atoms with Gasteiger partial charge in [0.1, 0.15) is 0 Å². The number of rotatable bonds is 7. The van der Waals surface area contributed by atoms with Crippen molar-refractivity contribution >= 4 is 0 Å². The second kappa shape index (κ2) is 7.71. The van der Waals surface area contributed by atoms with E-state index in [1.807, 2.05) is 25.2 Å². The lowest BCUT2D eigenvalue weighted by molar-refractivity contribution is 0.0886. The normalized spacial score (nSPS) is 14.0. The Labute approximate surface area is 108 Å². The van der Waals surface area contributed by atoms with E-state index in [-0.39, 0.29) is 12.1 Å². The van der Waals surface area contributed by atoms with Gasteiger partial charge in [0.25, 0.3) is 0 Å². The highest BCUT2D eigenvalue weighted by atomic mass is 16.5. The molecular weight excluding hydrogens is 228 g/mol. The summed E-state index contributed by atoms with van der Waals surface area (Å²) in [5.41, 5.74) is 9.66. The summed E-state index contributed by atoms with van der Waals surface area (Å²) in [4.78, 5) is 4.99. The fourth-order valence-corrected chi connectivity index (χ4v) is 1.91. The quantitative estimate of drug-likeness (QED) is 0.423. The number of hydrogen-bond donors (Lipinski definition) is 0. The maximum absolute atomic E-state index is 8.42. The highest BCUT2D eigenvalue weighted by molar-refractivity contribution is 5.18. The number of nitrogens with zero attached hydrogens (tertiary/aromatic N) is 4. The first-order valence-electron chi connectivity index (χ1n) is 5.97. The van der Waals surface area contributed by atoms with E-state index in [0.717, 1.165) is 0 Å². The Bertz CT molecular complexity index is 389. The summed E-state index contributed by atoms with van der Waals surface area (Å²) in [5.74, 6) is 0. The molecule has 0 saturated heterocycles. The number of benzene rings is 1. The maximum atomic E-state index is 8.42. The largest absolute Gasteiger partial charge is 0.383 e. The SMILES string of the molecule is COC[C@@H](CN=[N+]=[N-])N(C)[C@H](C)c1ccccc1. The van der Waals surface area contributed by atoms with Crippen LogP contribution in [0.2, 0.25) is 0 Å². The molecule has 0 radical (unpaired) electrons. The number of likely N-dealkylation sites (N-methyl/N-ethyl adjacent to an activating group) is 1. The molecule has 0 aliphatic carbocycles. The summed E-state index contributed by atoms with van der Waals surface area (Å²) in [7, 11) is 3.68. The van der Waals surface area contributed by atoms with Gasteiger partial charge in [-0.3, -0.25) is 4.90 Å². The first kappa shape index (κ1) is 14.5. The van der Waals surface area contributed by atoms with Crippen molar-refractivity contribution in [3.63, 3.8) is 0 Å². The maximum Gasteiger partial charge on any atom is 0.0619 e. The van der Waals surface area contributed by atoms with E-state index in [1.54, 1.807) is 7.11 Å². The van der Waals surface area contributed by atoms with Gasteiger partial charge in [0.15, 0.2) is 0 Å². The van der Waals surface area contributed by atoms with Crippen molar-refractivity contribution in [2.45, 2.75) is 19.0 Å². The summed E-state index contributed by atoms with van der Waals surface area (Å²) >= 11 is 0. The van der Waals surface area contributed by atoms with Crippen LogP contribution in [0.25, 0.3) is 10.4 Å². The molecule has 1 rings (SSSR count). The van der Waals surface area contributed by atoms with Crippen molar-refractivity contribution in [1.29, 1.82) is 0 Å². The highest BCUT2D eigenvalue weighted by Crippen LogP contribution is 2.20. The molecule has 0 bridgehead atoms. The minimum Gasteiger partial charge on any atom is -0.383 e. The van der Waals surface area contributed by atoms with Crippen LogP contribution in [0.4, 0.5) is 0 Å². The molecule has 18 heavy (non-hydrogen) atoms. The van der Waals surface area contributed by atoms with Gasteiger partial charge in [0, 0.05) is 30.6 Å². The molecule has 0 amide bonds. The molecule has 0 aliphatic heterocycles. The van der Waals surface area contributed by atoms with E-state index < -0.39 is 0 Å². The molecule has 0 unspecified atom stereocenters. The first-order chi connectivity index (χ1) is 8.70. The number of methoxy groups -OCH3 is 1. The Morgan fingerprint density at radius 1 is 1.39 bits per heavy atom. The molecule has 0 N–H and O–H groups in total. The Kier molecular flexibility index (Phi) is 6.22. The second-order valence-electron chi connectivity index (χ2n) is 4.27. The van der Waals surface area contributed by atoms with Crippen LogP contribution in [-0.4, -0.2) is 38.3 Å². The monoisotopic (exact) mass is 248 g/mol. The first-order valence-corrected chi connectivity index (χ1v) is 5.97. The van der Waals surface area contributed by atoms with Gasteiger partial charge >= 0.3 is 0 Å². The third-order valence-corrected chi connectivity index (χ3v) is 3.18. The van der Waals surface area contributed by atoms with Crippen LogP contribution in [0.5, 0.6) is 0 Å². The van der Waals surface area contributed by atoms with E-state index in [1.165, 1.54) is 5.56 Å². The van der Waals surface area contributed by atoms with Crippen molar-refractivity contribution in [1.82, 2.24) is 4.90 Å². The summed E-state index contributed by atoms with van der Waals surface area (Å²) in [6.07, 6.45) is 0. The van der Waals surface area contributed by atoms with Crippen molar-refractivity contribution in [3.8, 4) is 0 Å². The van der Waals surface area contributed by atoms with Crippen molar-refractivity contribution in [2.24, 2.45) is 5.11 Å². The molecule has 2 atom stereocenters. The summed E-state index contributed by atoms with van der Waals surface area (Å²) in [6, 6.07) is 10.6. The van der Waals surface area contributed by atoms with Crippen molar-refractivity contribution in [3.05, 3.63) is 46.3 Å². The third kappa shape index (κ3) is 4.04. The Morgan fingerprint density at radius 3 is 2.61 bits per heavy atom. The molecule has 98 valence electrons. The van der Waals surface area contributed by atoms with Gasteiger partial charge in [-0.05, 0) is 25.1 Å². The van der Waals surface area contributed by atoms with E-state index in [0.29, 0.717) is 13.2 Å². The van der Waals surface area contributed by atoms with Crippen LogP contribution in [0.15, 0.2) is 35.4 Å².